The van der Waals surface area contributed by atoms with E-state index in [1.54, 1.807) is 37.3 Å². The summed E-state index contributed by atoms with van der Waals surface area (Å²) in [6.07, 6.45) is 1.94. The molecule has 7 nitrogen and oxygen atoms in total. The van der Waals surface area contributed by atoms with Crippen molar-refractivity contribution in [2.45, 2.75) is 32.4 Å². The van der Waals surface area contributed by atoms with E-state index in [-0.39, 0.29) is 23.6 Å². The molecule has 1 aliphatic heterocycles. The Morgan fingerprint density at radius 3 is 2.45 bits per heavy atom. The summed E-state index contributed by atoms with van der Waals surface area (Å²) in [6.45, 7) is 2.95. The first-order chi connectivity index (χ1) is 18.4. The summed E-state index contributed by atoms with van der Waals surface area (Å²) in [6, 6.07) is 17.6. The minimum absolute atomic E-state index is 0.0607. The maximum absolute atomic E-state index is 13.8. The first-order valence-corrected chi connectivity index (χ1v) is 13.2. The molecule has 0 fully saturated rings. The number of carbonyl (C=O) groups excluding carboxylic acids is 1. The van der Waals surface area contributed by atoms with Gasteiger partial charge < -0.3 is 23.5 Å². The van der Waals surface area contributed by atoms with Crippen molar-refractivity contribution in [3.8, 4) is 17.2 Å². The SMILES string of the molecule is CCCCOc1ccc(C2c3c(oc4ccc(Br)cc4c3=O)C(=O)N2Cc2ccc(OC)cc2)cc1OC. The summed E-state index contributed by atoms with van der Waals surface area (Å²) in [5.41, 5.74) is 2.07. The van der Waals surface area contributed by atoms with E-state index in [1.807, 2.05) is 42.5 Å². The number of hydrogen-bond donors (Lipinski definition) is 0. The van der Waals surface area contributed by atoms with Gasteiger partial charge in [0.15, 0.2) is 16.9 Å². The Morgan fingerprint density at radius 2 is 1.74 bits per heavy atom. The molecule has 0 spiro atoms. The van der Waals surface area contributed by atoms with Crippen LogP contribution in [0.1, 0.15) is 53.1 Å². The number of ether oxygens (including phenoxy) is 3. The molecule has 1 amide bonds. The molecule has 196 valence electrons. The van der Waals surface area contributed by atoms with Crippen molar-refractivity contribution in [2.24, 2.45) is 0 Å². The van der Waals surface area contributed by atoms with Crippen LogP contribution in [0.15, 0.2) is 74.3 Å². The van der Waals surface area contributed by atoms with Gasteiger partial charge in [-0.15, -0.1) is 0 Å². The van der Waals surface area contributed by atoms with Crippen LogP contribution < -0.4 is 19.6 Å². The Hall–Kier alpha value is -3.78. The van der Waals surface area contributed by atoms with Crippen LogP contribution in [-0.4, -0.2) is 31.6 Å². The van der Waals surface area contributed by atoms with Crippen LogP contribution in [0.4, 0.5) is 0 Å². The number of carbonyl (C=O) groups is 1. The lowest BCUT2D eigenvalue weighted by atomic mass is 9.97. The summed E-state index contributed by atoms with van der Waals surface area (Å²) in [5, 5.41) is 0.411. The lowest BCUT2D eigenvalue weighted by Crippen LogP contribution is -2.29. The molecule has 38 heavy (non-hydrogen) atoms. The van der Waals surface area contributed by atoms with Crippen molar-refractivity contribution >= 4 is 32.8 Å². The fourth-order valence-electron chi connectivity index (χ4n) is 4.73. The van der Waals surface area contributed by atoms with E-state index < -0.39 is 6.04 Å². The van der Waals surface area contributed by atoms with Crippen LogP contribution >= 0.6 is 15.9 Å². The van der Waals surface area contributed by atoms with Crippen molar-refractivity contribution < 1.29 is 23.4 Å². The quantitative estimate of drug-likeness (QED) is 0.211. The predicted molar refractivity (Wildman–Crippen MR) is 148 cm³/mol. The average Bonchev–Trinajstić information content (AvgIpc) is 3.21. The third-order valence-electron chi connectivity index (χ3n) is 6.70. The van der Waals surface area contributed by atoms with Crippen molar-refractivity contribution in [3.63, 3.8) is 0 Å². The van der Waals surface area contributed by atoms with E-state index in [0.717, 1.165) is 34.2 Å². The van der Waals surface area contributed by atoms with Crippen LogP contribution in [0.25, 0.3) is 11.0 Å². The summed E-state index contributed by atoms with van der Waals surface area (Å²) in [7, 11) is 3.18. The van der Waals surface area contributed by atoms with E-state index in [1.165, 1.54) is 0 Å². The molecular weight excluding hydrogens is 550 g/mol. The topological polar surface area (TPSA) is 78.2 Å². The van der Waals surface area contributed by atoms with Gasteiger partial charge in [-0.2, -0.15) is 0 Å². The minimum Gasteiger partial charge on any atom is -0.497 e. The van der Waals surface area contributed by atoms with Gasteiger partial charge in [-0.1, -0.05) is 47.5 Å². The zero-order chi connectivity index (χ0) is 26.8. The monoisotopic (exact) mass is 577 g/mol. The normalized spacial score (nSPS) is 14.6. The molecule has 3 aromatic carbocycles. The Bertz CT molecular complexity index is 1550. The van der Waals surface area contributed by atoms with Gasteiger partial charge in [-0.25, -0.2) is 0 Å². The van der Waals surface area contributed by atoms with Gasteiger partial charge in [0, 0.05) is 11.0 Å². The molecule has 1 aliphatic rings. The summed E-state index contributed by atoms with van der Waals surface area (Å²) in [4.78, 5) is 29.3. The number of halogens is 1. The Balaban J connectivity index is 1.64. The van der Waals surface area contributed by atoms with Gasteiger partial charge in [0.1, 0.15) is 11.3 Å². The second kappa shape index (κ2) is 10.9. The molecule has 2 heterocycles. The highest BCUT2D eigenvalue weighted by atomic mass is 79.9. The summed E-state index contributed by atoms with van der Waals surface area (Å²) < 4.78 is 23.6. The first kappa shape index (κ1) is 25.9. The second-order valence-corrected chi connectivity index (χ2v) is 10.0. The van der Waals surface area contributed by atoms with Gasteiger partial charge in [0.2, 0.25) is 5.76 Å². The lowest BCUT2D eigenvalue weighted by Gasteiger charge is -2.26. The molecule has 4 aromatic rings. The molecule has 8 heteroatoms. The second-order valence-electron chi connectivity index (χ2n) is 9.11. The molecule has 5 rings (SSSR count). The minimum atomic E-state index is -0.669. The van der Waals surface area contributed by atoms with Crippen LogP contribution in [0.2, 0.25) is 0 Å². The van der Waals surface area contributed by atoms with E-state index in [9.17, 15) is 9.59 Å². The number of unbranched alkanes of at least 4 members (excludes halogenated alkanes) is 1. The third-order valence-corrected chi connectivity index (χ3v) is 7.19. The van der Waals surface area contributed by atoms with E-state index >= 15 is 0 Å². The zero-order valence-corrected chi connectivity index (χ0v) is 23.0. The van der Waals surface area contributed by atoms with Crippen LogP contribution in [0, 0.1) is 0 Å². The van der Waals surface area contributed by atoms with Crippen LogP contribution in [0.3, 0.4) is 0 Å². The molecule has 1 atom stereocenters. The standard InChI is InChI=1S/C30H28BrNO6/c1-4-5-14-37-24-12-8-19(15-25(24)36-3)27-26-28(33)22-16-20(31)9-13-23(22)38-29(26)30(34)32(27)17-18-6-10-21(35-2)11-7-18/h6-13,15-16,27H,4-5,14,17H2,1-3H3. The fraction of sp³-hybridized carbons (Fsp3) is 0.267. The van der Waals surface area contributed by atoms with Crippen molar-refractivity contribution in [2.75, 3.05) is 20.8 Å². The molecule has 0 bridgehead atoms. The number of amides is 1. The van der Waals surface area contributed by atoms with E-state index in [0.29, 0.717) is 34.6 Å². The Labute approximate surface area is 229 Å². The lowest BCUT2D eigenvalue weighted by molar-refractivity contribution is 0.0714. The highest BCUT2D eigenvalue weighted by molar-refractivity contribution is 9.10. The molecule has 0 saturated heterocycles. The zero-order valence-electron chi connectivity index (χ0n) is 21.5. The van der Waals surface area contributed by atoms with Crippen LogP contribution in [-0.2, 0) is 6.54 Å². The molecule has 0 radical (unpaired) electrons. The Morgan fingerprint density at radius 1 is 0.947 bits per heavy atom. The molecule has 0 aliphatic carbocycles. The van der Waals surface area contributed by atoms with Crippen molar-refractivity contribution in [3.05, 3.63) is 97.8 Å². The Kier molecular flexibility index (Phi) is 7.42. The first-order valence-electron chi connectivity index (χ1n) is 12.5. The highest BCUT2D eigenvalue weighted by Gasteiger charge is 2.43. The number of nitrogens with zero attached hydrogens (tertiary/aromatic N) is 1. The largest absolute Gasteiger partial charge is 0.497 e. The van der Waals surface area contributed by atoms with Gasteiger partial charge in [0.05, 0.1) is 37.8 Å². The maximum Gasteiger partial charge on any atom is 0.291 e. The third kappa shape index (κ3) is 4.76. The van der Waals surface area contributed by atoms with Crippen molar-refractivity contribution in [1.29, 1.82) is 0 Å². The maximum atomic E-state index is 13.8. The summed E-state index contributed by atoms with van der Waals surface area (Å²) in [5.74, 6) is 1.59. The van der Waals surface area contributed by atoms with E-state index in [2.05, 4.69) is 22.9 Å². The summed E-state index contributed by atoms with van der Waals surface area (Å²) >= 11 is 3.44. The van der Waals surface area contributed by atoms with Gasteiger partial charge in [-0.05, 0) is 60.0 Å². The highest BCUT2D eigenvalue weighted by Crippen LogP contribution is 2.42. The number of fused-ring (bicyclic) bond motifs is 2. The van der Waals surface area contributed by atoms with Gasteiger partial charge in [0.25, 0.3) is 5.91 Å². The van der Waals surface area contributed by atoms with Crippen LogP contribution in [0.5, 0.6) is 17.2 Å². The van der Waals surface area contributed by atoms with E-state index in [4.69, 9.17) is 18.6 Å². The van der Waals surface area contributed by atoms with Crippen molar-refractivity contribution in [1.82, 2.24) is 4.90 Å². The number of benzene rings is 3. The fourth-order valence-corrected chi connectivity index (χ4v) is 5.09. The smallest absolute Gasteiger partial charge is 0.291 e. The molecule has 1 unspecified atom stereocenters. The predicted octanol–water partition coefficient (Wildman–Crippen LogP) is 6.50. The molecule has 0 N–H and O–H groups in total. The molecule has 1 aromatic heterocycles. The number of methoxy groups -OCH3 is 2. The molecular formula is C30H28BrNO6. The molecule has 0 saturated carbocycles. The number of rotatable bonds is 9. The number of hydrogen-bond acceptors (Lipinski definition) is 6. The average molecular weight is 578 g/mol. The van der Waals surface area contributed by atoms with Gasteiger partial charge >= 0.3 is 0 Å². The van der Waals surface area contributed by atoms with Gasteiger partial charge in [-0.3, -0.25) is 9.59 Å².